The van der Waals surface area contributed by atoms with Gasteiger partial charge in [-0.2, -0.15) is 5.10 Å². The summed E-state index contributed by atoms with van der Waals surface area (Å²) in [5, 5.41) is 19.2. The summed E-state index contributed by atoms with van der Waals surface area (Å²) < 4.78 is 7.18. The molecule has 1 saturated heterocycles. The number of nitrogens with zero attached hydrogens (tertiary/aromatic N) is 5. The third-order valence-electron chi connectivity index (χ3n) is 4.97. The highest BCUT2D eigenvalue weighted by Gasteiger charge is 2.22. The molecule has 1 amide bonds. The van der Waals surface area contributed by atoms with Gasteiger partial charge in [-0.05, 0) is 26.0 Å². The van der Waals surface area contributed by atoms with Gasteiger partial charge in [-0.3, -0.25) is 14.9 Å². The van der Waals surface area contributed by atoms with Crippen molar-refractivity contribution in [2.75, 3.05) is 36.5 Å². The maximum atomic E-state index is 13.1. The molecule has 10 heteroatoms. The molecule has 30 heavy (non-hydrogen) atoms. The van der Waals surface area contributed by atoms with Crippen LogP contribution in [-0.2, 0) is 4.74 Å². The standard InChI is InChI=1S/C20H22N6O4/c1-13(2)25-19-14(11-22-25)9-15(12-21-19)23-20(27)17-10-16(26(28)29)3-4-18(17)24-5-7-30-8-6-24/h3-4,9-13H,5-8H2,1-2H3,(H,23,27). The number of nitrogens with one attached hydrogen (secondary N) is 1. The second kappa shape index (κ2) is 8.07. The Kier molecular flexibility index (Phi) is 5.32. The van der Waals surface area contributed by atoms with E-state index >= 15 is 0 Å². The van der Waals surface area contributed by atoms with Crippen LogP contribution in [0.25, 0.3) is 11.0 Å². The van der Waals surface area contributed by atoms with E-state index < -0.39 is 10.8 Å². The highest BCUT2D eigenvalue weighted by molar-refractivity contribution is 6.09. The van der Waals surface area contributed by atoms with Gasteiger partial charge in [0.2, 0.25) is 0 Å². The van der Waals surface area contributed by atoms with Crippen LogP contribution in [0.3, 0.4) is 0 Å². The minimum absolute atomic E-state index is 0.135. The molecule has 0 aliphatic carbocycles. The lowest BCUT2D eigenvalue weighted by atomic mass is 10.1. The van der Waals surface area contributed by atoms with Crippen molar-refractivity contribution in [1.29, 1.82) is 0 Å². The number of non-ortho nitro benzene ring substituents is 1. The lowest BCUT2D eigenvalue weighted by Gasteiger charge is -2.30. The van der Waals surface area contributed by atoms with Gasteiger partial charge in [0.25, 0.3) is 11.6 Å². The number of aromatic nitrogens is 3. The van der Waals surface area contributed by atoms with Gasteiger partial charge < -0.3 is 15.0 Å². The van der Waals surface area contributed by atoms with E-state index in [0.29, 0.717) is 37.7 Å². The molecular formula is C20H22N6O4. The Morgan fingerprint density at radius 1 is 1.23 bits per heavy atom. The van der Waals surface area contributed by atoms with Crippen molar-refractivity contribution in [3.63, 3.8) is 0 Å². The van der Waals surface area contributed by atoms with Crippen LogP contribution in [-0.4, -0.2) is 51.9 Å². The van der Waals surface area contributed by atoms with Gasteiger partial charge in [-0.1, -0.05) is 0 Å². The quantitative estimate of drug-likeness (QED) is 0.508. The first-order valence-corrected chi connectivity index (χ1v) is 9.70. The number of carbonyl (C=O) groups is 1. The molecule has 1 fully saturated rings. The number of nitro benzene ring substituents is 1. The molecule has 1 aliphatic heterocycles. The fourth-order valence-electron chi connectivity index (χ4n) is 3.48. The summed E-state index contributed by atoms with van der Waals surface area (Å²) in [6.07, 6.45) is 3.26. The number of pyridine rings is 1. The number of morpholine rings is 1. The Morgan fingerprint density at radius 2 is 2.00 bits per heavy atom. The topological polar surface area (TPSA) is 115 Å². The van der Waals surface area contributed by atoms with Crippen molar-refractivity contribution < 1.29 is 14.5 Å². The van der Waals surface area contributed by atoms with Gasteiger partial charge in [-0.25, -0.2) is 9.67 Å². The van der Waals surface area contributed by atoms with Gasteiger partial charge in [0.1, 0.15) is 0 Å². The lowest BCUT2D eigenvalue weighted by molar-refractivity contribution is -0.384. The van der Waals surface area contributed by atoms with Crippen LogP contribution in [0.5, 0.6) is 0 Å². The number of rotatable bonds is 5. The average Bonchev–Trinajstić information content (AvgIpc) is 3.17. The zero-order valence-electron chi connectivity index (χ0n) is 16.7. The second-order valence-electron chi connectivity index (χ2n) is 7.33. The summed E-state index contributed by atoms with van der Waals surface area (Å²) in [7, 11) is 0. The second-order valence-corrected chi connectivity index (χ2v) is 7.33. The first kappa shape index (κ1) is 19.8. The van der Waals surface area contributed by atoms with Crippen LogP contribution in [0.4, 0.5) is 17.1 Å². The highest BCUT2D eigenvalue weighted by Crippen LogP contribution is 2.28. The summed E-state index contributed by atoms with van der Waals surface area (Å²) in [5.41, 5.74) is 1.97. The molecule has 2 aromatic heterocycles. The van der Waals surface area contributed by atoms with Gasteiger partial charge in [-0.15, -0.1) is 0 Å². The molecule has 0 bridgehead atoms. The summed E-state index contributed by atoms with van der Waals surface area (Å²) in [6, 6.07) is 6.29. The molecule has 1 aliphatic rings. The largest absolute Gasteiger partial charge is 0.378 e. The summed E-state index contributed by atoms with van der Waals surface area (Å²) >= 11 is 0. The summed E-state index contributed by atoms with van der Waals surface area (Å²) in [5.74, 6) is -0.433. The van der Waals surface area contributed by atoms with Gasteiger partial charge in [0, 0.05) is 36.7 Å². The average molecular weight is 410 g/mol. The van der Waals surface area contributed by atoms with Crippen molar-refractivity contribution in [3.8, 4) is 0 Å². The van der Waals surface area contributed by atoms with Crippen LogP contribution in [0.1, 0.15) is 30.2 Å². The van der Waals surface area contributed by atoms with E-state index in [9.17, 15) is 14.9 Å². The Bertz CT molecular complexity index is 1100. The predicted molar refractivity (Wildman–Crippen MR) is 112 cm³/mol. The van der Waals surface area contributed by atoms with E-state index in [1.165, 1.54) is 12.1 Å². The van der Waals surface area contributed by atoms with Crippen LogP contribution in [0.15, 0.2) is 36.7 Å². The van der Waals surface area contributed by atoms with Gasteiger partial charge in [0.15, 0.2) is 5.65 Å². The predicted octanol–water partition coefficient (Wildman–Crippen LogP) is 3.01. The third-order valence-corrected chi connectivity index (χ3v) is 4.97. The van der Waals surface area contributed by atoms with E-state index in [1.807, 2.05) is 18.7 Å². The van der Waals surface area contributed by atoms with Gasteiger partial charge >= 0.3 is 0 Å². The van der Waals surface area contributed by atoms with Crippen LogP contribution in [0, 0.1) is 10.1 Å². The number of anilines is 2. The minimum Gasteiger partial charge on any atom is -0.378 e. The number of hydrogen-bond donors (Lipinski definition) is 1. The lowest BCUT2D eigenvalue weighted by Crippen LogP contribution is -2.37. The third kappa shape index (κ3) is 3.81. The van der Waals surface area contributed by atoms with Crippen molar-refractivity contribution in [2.45, 2.75) is 19.9 Å². The Balaban J connectivity index is 1.65. The number of ether oxygens (including phenoxy) is 1. The monoisotopic (exact) mass is 410 g/mol. The smallest absolute Gasteiger partial charge is 0.270 e. The van der Waals surface area contributed by atoms with Crippen molar-refractivity contribution in [1.82, 2.24) is 14.8 Å². The Morgan fingerprint density at radius 3 is 2.70 bits per heavy atom. The fraction of sp³-hybridized carbons (Fsp3) is 0.350. The fourth-order valence-corrected chi connectivity index (χ4v) is 3.48. The summed E-state index contributed by atoms with van der Waals surface area (Å²) in [4.78, 5) is 30.2. The molecule has 1 N–H and O–H groups in total. The molecule has 3 aromatic rings. The summed E-state index contributed by atoms with van der Waals surface area (Å²) in [6.45, 7) is 6.33. The first-order chi connectivity index (χ1) is 14.4. The van der Waals surface area contributed by atoms with Gasteiger partial charge in [0.05, 0.1) is 47.5 Å². The van der Waals surface area contributed by atoms with E-state index in [4.69, 9.17) is 4.74 Å². The van der Waals surface area contributed by atoms with Crippen molar-refractivity contribution in [3.05, 3.63) is 52.3 Å². The number of fused-ring (bicyclic) bond motifs is 1. The zero-order valence-corrected chi connectivity index (χ0v) is 16.7. The SMILES string of the molecule is CC(C)n1ncc2cc(NC(=O)c3cc([N+](=O)[O-])ccc3N3CCOCC3)cnc21. The molecule has 3 heterocycles. The highest BCUT2D eigenvalue weighted by atomic mass is 16.6. The maximum Gasteiger partial charge on any atom is 0.270 e. The molecule has 1 aromatic carbocycles. The van der Waals surface area contributed by atoms with Crippen LogP contribution >= 0.6 is 0 Å². The zero-order chi connectivity index (χ0) is 21.3. The molecule has 0 spiro atoms. The molecule has 0 atom stereocenters. The molecule has 0 unspecified atom stereocenters. The van der Waals surface area contributed by atoms with E-state index in [-0.39, 0.29) is 17.3 Å². The maximum absolute atomic E-state index is 13.1. The number of amides is 1. The Labute approximate surface area is 172 Å². The van der Waals surface area contributed by atoms with E-state index in [2.05, 4.69) is 15.4 Å². The molecule has 0 saturated carbocycles. The van der Waals surface area contributed by atoms with E-state index in [0.717, 1.165) is 11.0 Å². The number of benzene rings is 1. The minimum atomic E-state index is -0.506. The molecule has 10 nitrogen and oxygen atoms in total. The van der Waals surface area contributed by atoms with Crippen LogP contribution in [0.2, 0.25) is 0 Å². The molecular weight excluding hydrogens is 388 g/mol. The number of hydrogen-bond acceptors (Lipinski definition) is 7. The normalized spacial score (nSPS) is 14.3. The number of carbonyl (C=O) groups excluding carboxylic acids is 1. The number of nitro groups is 1. The van der Waals surface area contributed by atoms with Crippen molar-refractivity contribution >= 4 is 34.0 Å². The van der Waals surface area contributed by atoms with Crippen LogP contribution < -0.4 is 10.2 Å². The van der Waals surface area contributed by atoms with Crippen molar-refractivity contribution in [2.24, 2.45) is 0 Å². The Hall–Kier alpha value is -3.53. The van der Waals surface area contributed by atoms with E-state index in [1.54, 1.807) is 29.2 Å². The molecule has 4 rings (SSSR count). The molecule has 156 valence electrons. The first-order valence-electron chi connectivity index (χ1n) is 9.70. The molecule has 0 radical (unpaired) electrons.